The molecule has 0 aliphatic carbocycles. The van der Waals surface area contributed by atoms with Crippen LogP contribution in [0.25, 0.3) is 11.3 Å². The highest BCUT2D eigenvalue weighted by Gasteiger charge is 2.30. The summed E-state index contributed by atoms with van der Waals surface area (Å²) < 4.78 is 45.4. The molecule has 0 aliphatic heterocycles. The van der Waals surface area contributed by atoms with Crippen molar-refractivity contribution in [1.29, 1.82) is 0 Å². The van der Waals surface area contributed by atoms with Gasteiger partial charge >= 0.3 is 12.3 Å². The van der Waals surface area contributed by atoms with Gasteiger partial charge in [-0.1, -0.05) is 31.2 Å². The molecule has 0 radical (unpaired) electrons. The normalized spacial score (nSPS) is 12.0. The van der Waals surface area contributed by atoms with Crippen LogP contribution in [-0.4, -0.2) is 27.3 Å². The molecule has 0 saturated heterocycles. The molecule has 0 atom stereocenters. The molecule has 0 bridgehead atoms. The van der Waals surface area contributed by atoms with Crippen LogP contribution >= 0.6 is 11.8 Å². The Labute approximate surface area is 206 Å². The first-order valence-corrected chi connectivity index (χ1v) is 12.1. The third kappa shape index (κ3) is 7.21. The van der Waals surface area contributed by atoms with Crippen LogP contribution in [0.15, 0.2) is 59.6 Å². The number of carbonyl (C=O) groups excluding carboxylic acids is 2. The first kappa shape index (κ1) is 26.5. The molecule has 35 heavy (non-hydrogen) atoms. The third-order valence-corrected chi connectivity index (χ3v) is 5.96. The molecule has 0 unspecified atom stereocenters. The summed E-state index contributed by atoms with van der Waals surface area (Å²) in [6.07, 6.45) is -2.32. The summed E-state index contributed by atoms with van der Waals surface area (Å²) in [5, 5.41) is 4.33. The van der Waals surface area contributed by atoms with Crippen molar-refractivity contribution in [3.05, 3.63) is 71.4 Å². The molecule has 3 aromatic rings. The van der Waals surface area contributed by atoms with Crippen LogP contribution in [0.1, 0.15) is 62.0 Å². The number of carbonyl (C=O) groups is 2. The number of hydrogen-bond donors (Lipinski definition) is 0. The van der Waals surface area contributed by atoms with E-state index in [-0.39, 0.29) is 5.78 Å². The van der Waals surface area contributed by atoms with Gasteiger partial charge in [-0.25, -0.2) is 4.79 Å². The van der Waals surface area contributed by atoms with Gasteiger partial charge in [-0.05, 0) is 51.5 Å². The zero-order valence-electron chi connectivity index (χ0n) is 20.0. The fourth-order valence-electron chi connectivity index (χ4n) is 3.25. The van der Waals surface area contributed by atoms with E-state index in [4.69, 9.17) is 4.74 Å². The maximum absolute atomic E-state index is 13.0. The number of ketones is 1. The van der Waals surface area contributed by atoms with Crippen LogP contribution in [0.4, 0.5) is 18.0 Å². The molecule has 0 amide bonds. The lowest BCUT2D eigenvalue weighted by molar-refractivity contribution is -0.137. The van der Waals surface area contributed by atoms with E-state index in [0.29, 0.717) is 34.6 Å². The minimum absolute atomic E-state index is 0.0901. The Morgan fingerprint density at radius 1 is 1.00 bits per heavy atom. The van der Waals surface area contributed by atoms with Crippen LogP contribution in [-0.2, 0) is 16.7 Å². The van der Waals surface area contributed by atoms with Gasteiger partial charge in [0.2, 0.25) is 0 Å². The predicted octanol–water partition coefficient (Wildman–Crippen LogP) is 7.63. The van der Waals surface area contributed by atoms with Crippen molar-refractivity contribution in [3.63, 3.8) is 0 Å². The van der Waals surface area contributed by atoms with E-state index in [2.05, 4.69) is 5.10 Å². The highest BCUT2D eigenvalue weighted by Crippen LogP contribution is 2.33. The molecular formula is C26H27F3N2O3S. The van der Waals surface area contributed by atoms with Crippen molar-refractivity contribution < 1.29 is 27.5 Å². The summed E-state index contributed by atoms with van der Waals surface area (Å²) in [5.74, 6) is 0.494. The Kier molecular flexibility index (Phi) is 8.10. The smallest absolute Gasteiger partial charge is 0.435 e. The zero-order valence-corrected chi connectivity index (χ0v) is 20.8. The number of nitrogens with zero attached hydrogens (tertiary/aromatic N) is 2. The van der Waals surface area contributed by atoms with Crippen LogP contribution in [0, 0.1) is 0 Å². The van der Waals surface area contributed by atoms with E-state index < -0.39 is 23.4 Å². The van der Waals surface area contributed by atoms with Gasteiger partial charge in [0.25, 0.3) is 0 Å². The maximum atomic E-state index is 13.0. The fraction of sp³-hybridized carbons (Fsp3) is 0.346. The second-order valence-corrected chi connectivity index (χ2v) is 10.0. The summed E-state index contributed by atoms with van der Waals surface area (Å²) in [6, 6.07) is 11.9. The lowest BCUT2D eigenvalue weighted by Gasteiger charge is -2.18. The number of halogens is 3. The van der Waals surface area contributed by atoms with Gasteiger partial charge < -0.3 is 4.74 Å². The largest absolute Gasteiger partial charge is 0.442 e. The predicted molar refractivity (Wildman–Crippen MR) is 130 cm³/mol. The number of thioether (sulfide) groups is 1. The molecule has 0 saturated carbocycles. The Morgan fingerprint density at radius 3 is 2.17 bits per heavy atom. The van der Waals surface area contributed by atoms with Crippen LogP contribution < -0.4 is 0 Å². The van der Waals surface area contributed by atoms with Gasteiger partial charge in [0.05, 0.1) is 11.3 Å². The second-order valence-electron chi connectivity index (χ2n) is 8.99. The Morgan fingerprint density at radius 2 is 1.63 bits per heavy atom. The van der Waals surface area contributed by atoms with Crippen molar-refractivity contribution >= 4 is 23.6 Å². The molecular weight excluding hydrogens is 477 g/mol. The molecule has 1 aromatic heterocycles. The number of aromatic nitrogens is 2. The molecule has 1 heterocycles. The minimum Gasteiger partial charge on any atom is -0.442 e. The first-order valence-electron chi connectivity index (χ1n) is 11.1. The van der Waals surface area contributed by atoms with Crippen molar-refractivity contribution in [1.82, 2.24) is 9.78 Å². The van der Waals surface area contributed by atoms with Gasteiger partial charge in [-0.3, -0.25) is 4.79 Å². The quantitative estimate of drug-likeness (QED) is 0.245. The lowest BCUT2D eigenvalue weighted by atomic mass is 10.1. The number of rotatable bonds is 7. The SMILES string of the molecule is CCCC(=O)c1ccc(SCc2cn(C(=O)OC(C)(C)C)nc2-c2ccc(C(F)(F)F)cc2)cc1. The summed E-state index contributed by atoms with van der Waals surface area (Å²) in [5.41, 5.74) is 0.666. The Balaban J connectivity index is 1.87. The zero-order chi connectivity index (χ0) is 25.8. The van der Waals surface area contributed by atoms with Crippen molar-refractivity contribution in [2.45, 2.75) is 63.0 Å². The average Bonchev–Trinajstić information content (AvgIpc) is 3.21. The third-order valence-electron chi connectivity index (χ3n) is 4.90. The summed E-state index contributed by atoms with van der Waals surface area (Å²) >= 11 is 1.46. The summed E-state index contributed by atoms with van der Waals surface area (Å²) in [7, 11) is 0. The van der Waals surface area contributed by atoms with Crippen LogP contribution in [0.5, 0.6) is 0 Å². The van der Waals surface area contributed by atoms with E-state index in [0.717, 1.165) is 28.1 Å². The van der Waals surface area contributed by atoms with Crippen molar-refractivity contribution in [3.8, 4) is 11.3 Å². The van der Waals surface area contributed by atoms with E-state index >= 15 is 0 Å². The number of ether oxygens (including phenoxy) is 1. The number of alkyl halides is 3. The molecule has 0 N–H and O–H groups in total. The van der Waals surface area contributed by atoms with Crippen molar-refractivity contribution in [2.75, 3.05) is 0 Å². The Hall–Kier alpha value is -3.07. The van der Waals surface area contributed by atoms with E-state index in [1.807, 2.05) is 19.1 Å². The lowest BCUT2D eigenvalue weighted by Crippen LogP contribution is -2.27. The minimum atomic E-state index is -4.45. The molecule has 186 valence electrons. The number of benzene rings is 2. The van der Waals surface area contributed by atoms with E-state index in [1.165, 1.54) is 30.1 Å². The number of Topliss-reactive ketones (excluding diaryl/α,β-unsaturated/α-hetero) is 1. The van der Waals surface area contributed by atoms with Crippen LogP contribution in [0.2, 0.25) is 0 Å². The Bertz CT molecular complexity index is 1180. The molecule has 0 spiro atoms. The van der Waals surface area contributed by atoms with Gasteiger partial charge in [-0.15, -0.1) is 11.8 Å². The highest BCUT2D eigenvalue weighted by atomic mass is 32.2. The second kappa shape index (κ2) is 10.7. The van der Waals surface area contributed by atoms with Gasteiger partial charge in [0, 0.05) is 40.0 Å². The van der Waals surface area contributed by atoms with Gasteiger partial charge in [0.1, 0.15) is 5.60 Å². The molecule has 5 nitrogen and oxygen atoms in total. The molecule has 0 fully saturated rings. The molecule has 9 heteroatoms. The number of hydrogen-bond acceptors (Lipinski definition) is 5. The maximum Gasteiger partial charge on any atom is 0.435 e. The first-order chi connectivity index (χ1) is 16.4. The van der Waals surface area contributed by atoms with Gasteiger partial charge in [-0.2, -0.15) is 23.0 Å². The standard InChI is InChI=1S/C26H27F3N2O3S/c1-5-6-22(32)17-9-13-21(14-10-17)35-16-19-15-31(24(33)34-25(2,3)4)30-23(19)18-7-11-20(12-8-18)26(27,28)29/h7-15H,5-6,16H2,1-4H3. The van der Waals surface area contributed by atoms with Crippen LogP contribution in [0.3, 0.4) is 0 Å². The molecule has 2 aromatic carbocycles. The monoisotopic (exact) mass is 504 g/mol. The summed E-state index contributed by atoms with van der Waals surface area (Å²) in [6.45, 7) is 7.15. The highest BCUT2D eigenvalue weighted by molar-refractivity contribution is 7.98. The topological polar surface area (TPSA) is 61.2 Å². The summed E-state index contributed by atoms with van der Waals surface area (Å²) in [4.78, 5) is 25.5. The average molecular weight is 505 g/mol. The van der Waals surface area contributed by atoms with Gasteiger partial charge in [0.15, 0.2) is 5.78 Å². The molecule has 0 aliphatic rings. The molecule has 3 rings (SSSR count). The van der Waals surface area contributed by atoms with E-state index in [9.17, 15) is 22.8 Å². The van der Waals surface area contributed by atoms with E-state index in [1.54, 1.807) is 32.9 Å². The fourth-order valence-corrected chi connectivity index (χ4v) is 4.11. The van der Waals surface area contributed by atoms with Crippen molar-refractivity contribution in [2.24, 2.45) is 0 Å².